The van der Waals surface area contributed by atoms with Gasteiger partial charge in [-0.1, -0.05) is 41.0 Å². The van der Waals surface area contributed by atoms with E-state index in [4.69, 9.17) is 4.74 Å². The van der Waals surface area contributed by atoms with Crippen LogP contribution in [-0.2, 0) is 9.53 Å². The normalized spacial score (nSPS) is 22.1. The Balaban J connectivity index is 2.80. The van der Waals surface area contributed by atoms with E-state index in [9.17, 15) is 4.79 Å². The lowest BCUT2D eigenvalue weighted by molar-refractivity contribution is -0.177. The van der Waals surface area contributed by atoms with Crippen LogP contribution < -0.4 is 0 Å². The van der Waals surface area contributed by atoms with E-state index in [2.05, 4.69) is 41.5 Å². The highest BCUT2D eigenvalue weighted by atomic mass is 16.6. The van der Waals surface area contributed by atoms with Gasteiger partial charge in [0, 0.05) is 0 Å². The lowest BCUT2D eigenvalue weighted by Gasteiger charge is -2.40. The number of rotatable bonds is 5. The standard InChI is InChI=1S/C18H34O2/c1-7-17(6,14-16(3,4)5)15(19)20-18(8-2)12-10-9-11-13-18/h7-14H2,1-6H3. The maximum atomic E-state index is 12.8. The highest BCUT2D eigenvalue weighted by Gasteiger charge is 2.42. The molecule has 1 fully saturated rings. The van der Waals surface area contributed by atoms with Crippen LogP contribution in [0.25, 0.3) is 0 Å². The highest BCUT2D eigenvalue weighted by Crippen LogP contribution is 2.41. The van der Waals surface area contributed by atoms with E-state index in [1.807, 2.05) is 0 Å². The molecule has 0 aromatic rings. The first-order valence-corrected chi connectivity index (χ1v) is 8.40. The van der Waals surface area contributed by atoms with E-state index >= 15 is 0 Å². The Morgan fingerprint density at radius 2 is 1.60 bits per heavy atom. The molecule has 2 heteroatoms. The fourth-order valence-electron chi connectivity index (χ4n) is 3.56. The summed E-state index contributed by atoms with van der Waals surface area (Å²) in [7, 11) is 0. The van der Waals surface area contributed by atoms with Crippen molar-refractivity contribution in [1.82, 2.24) is 0 Å². The van der Waals surface area contributed by atoms with Crippen LogP contribution in [0.4, 0.5) is 0 Å². The topological polar surface area (TPSA) is 26.3 Å². The quantitative estimate of drug-likeness (QED) is 0.623. The summed E-state index contributed by atoms with van der Waals surface area (Å²) < 4.78 is 6.09. The van der Waals surface area contributed by atoms with Gasteiger partial charge in [-0.05, 0) is 57.3 Å². The molecule has 0 aromatic heterocycles. The number of carbonyl (C=O) groups is 1. The van der Waals surface area contributed by atoms with Gasteiger partial charge in [-0.3, -0.25) is 4.79 Å². The highest BCUT2D eigenvalue weighted by molar-refractivity contribution is 5.76. The van der Waals surface area contributed by atoms with Crippen molar-refractivity contribution in [3.63, 3.8) is 0 Å². The summed E-state index contributed by atoms with van der Waals surface area (Å²) in [6.45, 7) is 12.9. The minimum absolute atomic E-state index is 0.0266. The summed E-state index contributed by atoms with van der Waals surface area (Å²) >= 11 is 0. The van der Waals surface area contributed by atoms with E-state index in [1.54, 1.807) is 0 Å². The van der Waals surface area contributed by atoms with Crippen LogP contribution in [0.5, 0.6) is 0 Å². The third kappa shape index (κ3) is 4.49. The van der Waals surface area contributed by atoms with Gasteiger partial charge in [-0.15, -0.1) is 0 Å². The molecule has 2 nitrogen and oxygen atoms in total. The molecule has 20 heavy (non-hydrogen) atoms. The molecule has 0 N–H and O–H groups in total. The smallest absolute Gasteiger partial charge is 0.312 e. The zero-order chi connectivity index (χ0) is 15.4. The lowest BCUT2D eigenvalue weighted by Crippen LogP contribution is -2.43. The number of esters is 1. The molecule has 1 unspecified atom stereocenters. The van der Waals surface area contributed by atoms with Gasteiger partial charge >= 0.3 is 5.97 Å². The minimum Gasteiger partial charge on any atom is -0.459 e. The van der Waals surface area contributed by atoms with Crippen LogP contribution in [0, 0.1) is 10.8 Å². The zero-order valence-electron chi connectivity index (χ0n) is 14.5. The monoisotopic (exact) mass is 282 g/mol. The molecule has 0 radical (unpaired) electrons. The number of hydrogen-bond acceptors (Lipinski definition) is 2. The molecule has 1 atom stereocenters. The zero-order valence-corrected chi connectivity index (χ0v) is 14.5. The molecule has 1 rings (SSSR count). The van der Waals surface area contributed by atoms with Gasteiger partial charge in [0.1, 0.15) is 5.60 Å². The minimum atomic E-state index is -0.349. The Morgan fingerprint density at radius 3 is 2.00 bits per heavy atom. The van der Waals surface area contributed by atoms with Crippen molar-refractivity contribution >= 4 is 5.97 Å². The van der Waals surface area contributed by atoms with Gasteiger partial charge in [0.2, 0.25) is 0 Å². The predicted molar refractivity (Wildman–Crippen MR) is 84.7 cm³/mol. The Morgan fingerprint density at radius 1 is 1.05 bits per heavy atom. The van der Waals surface area contributed by atoms with Gasteiger partial charge < -0.3 is 4.74 Å². The fourth-order valence-corrected chi connectivity index (χ4v) is 3.56. The third-order valence-corrected chi connectivity index (χ3v) is 4.91. The molecule has 0 aliphatic heterocycles. The Hall–Kier alpha value is -0.530. The molecule has 0 heterocycles. The average Bonchev–Trinajstić information content (AvgIpc) is 2.37. The maximum Gasteiger partial charge on any atom is 0.312 e. The number of carbonyl (C=O) groups excluding carboxylic acids is 1. The van der Waals surface area contributed by atoms with Crippen LogP contribution in [-0.4, -0.2) is 11.6 Å². The van der Waals surface area contributed by atoms with Crippen LogP contribution in [0.2, 0.25) is 0 Å². The van der Waals surface area contributed by atoms with Crippen molar-refractivity contribution in [2.24, 2.45) is 10.8 Å². The SMILES string of the molecule is CCC1(OC(=O)C(C)(CC)CC(C)(C)C)CCCCC1. The molecule has 0 aromatic carbocycles. The molecule has 0 amide bonds. The molecule has 0 spiro atoms. The van der Waals surface area contributed by atoms with Crippen molar-refractivity contribution in [2.45, 2.75) is 98.5 Å². The van der Waals surface area contributed by atoms with Crippen molar-refractivity contribution < 1.29 is 9.53 Å². The van der Waals surface area contributed by atoms with Crippen LogP contribution >= 0.6 is 0 Å². The molecule has 1 aliphatic rings. The molecule has 1 saturated carbocycles. The fraction of sp³-hybridized carbons (Fsp3) is 0.944. The van der Waals surface area contributed by atoms with Gasteiger partial charge in [-0.2, -0.15) is 0 Å². The Bertz CT molecular complexity index is 321. The average molecular weight is 282 g/mol. The second-order valence-corrected chi connectivity index (χ2v) is 8.14. The lowest BCUT2D eigenvalue weighted by atomic mass is 9.73. The van der Waals surface area contributed by atoms with Gasteiger partial charge in [0.15, 0.2) is 0 Å². The van der Waals surface area contributed by atoms with Crippen LogP contribution in [0.15, 0.2) is 0 Å². The maximum absolute atomic E-state index is 12.8. The molecular formula is C18H34O2. The van der Waals surface area contributed by atoms with Crippen molar-refractivity contribution in [3.8, 4) is 0 Å². The molecule has 118 valence electrons. The van der Waals surface area contributed by atoms with E-state index in [0.717, 1.165) is 32.1 Å². The van der Waals surface area contributed by atoms with Gasteiger partial charge in [0.05, 0.1) is 5.41 Å². The van der Waals surface area contributed by atoms with E-state index in [-0.39, 0.29) is 22.4 Å². The van der Waals surface area contributed by atoms with Gasteiger partial charge in [0.25, 0.3) is 0 Å². The van der Waals surface area contributed by atoms with Crippen molar-refractivity contribution in [1.29, 1.82) is 0 Å². The van der Waals surface area contributed by atoms with Gasteiger partial charge in [-0.25, -0.2) is 0 Å². The largest absolute Gasteiger partial charge is 0.459 e. The van der Waals surface area contributed by atoms with E-state index < -0.39 is 0 Å². The van der Waals surface area contributed by atoms with E-state index in [0.29, 0.717) is 0 Å². The summed E-state index contributed by atoms with van der Waals surface area (Å²) in [4.78, 5) is 12.8. The Labute approximate surface area is 125 Å². The molecular weight excluding hydrogens is 248 g/mol. The summed E-state index contributed by atoms with van der Waals surface area (Å²) in [5, 5.41) is 0. The van der Waals surface area contributed by atoms with Crippen molar-refractivity contribution in [2.75, 3.05) is 0 Å². The molecule has 1 aliphatic carbocycles. The molecule has 0 bridgehead atoms. The predicted octanol–water partition coefficient (Wildman–Crippen LogP) is 5.50. The third-order valence-electron chi connectivity index (χ3n) is 4.91. The summed E-state index contributed by atoms with van der Waals surface area (Å²) in [6.07, 6.45) is 8.46. The number of hydrogen-bond donors (Lipinski definition) is 0. The first-order chi connectivity index (χ1) is 9.16. The summed E-state index contributed by atoms with van der Waals surface area (Å²) in [6, 6.07) is 0. The van der Waals surface area contributed by atoms with Crippen LogP contribution in [0.1, 0.15) is 92.9 Å². The second-order valence-electron chi connectivity index (χ2n) is 8.14. The summed E-state index contributed by atoms with van der Waals surface area (Å²) in [5.41, 5.74) is -0.378. The first-order valence-electron chi connectivity index (χ1n) is 8.40. The first kappa shape index (κ1) is 17.5. The van der Waals surface area contributed by atoms with Crippen LogP contribution in [0.3, 0.4) is 0 Å². The summed E-state index contributed by atoms with van der Waals surface area (Å²) in [5.74, 6) is 0.0266. The van der Waals surface area contributed by atoms with E-state index in [1.165, 1.54) is 19.3 Å². The number of ether oxygens (including phenoxy) is 1. The molecule has 0 saturated heterocycles. The van der Waals surface area contributed by atoms with Crippen molar-refractivity contribution in [3.05, 3.63) is 0 Å². The Kier molecular flexibility index (Phi) is 5.69. The second kappa shape index (κ2) is 6.49.